The summed E-state index contributed by atoms with van der Waals surface area (Å²) in [6.07, 6.45) is 5.33. The van der Waals surface area contributed by atoms with Crippen LogP contribution in [-0.2, 0) is 4.79 Å². The van der Waals surface area contributed by atoms with Gasteiger partial charge in [0.2, 0.25) is 0 Å². The fraction of sp³-hybridized carbons (Fsp3) is 0.273. The summed E-state index contributed by atoms with van der Waals surface area (Å²) in [6, 6.07) is 16.8. The number of amides is 1. The van der Waals surface area contributed by atoms with Crippen LogP contribution in [-0.4, -0.2) is 49.2 Å². The Kier molecular flexibility index (Phi) is 5.37. The van der Waals surface area contributed by atoms with Gasteiger partial charge in [0.1, 0.15) is 6.54 Å². The largest absolute Gasteiger partial charge is 0.480 e. The first-order chi connectivity index (χ1) is 14.1. The lowest BCUT2D eigenvalue weighted by Gasteiger charge is -2.26. The molecule has 0 spiro atoms. The summed E-state index contributed by atoms with van der Waals surface area (Å²) in [7, 11) is 0. The van der Waals surface area contributed by atoms with Crippen LogP contribution in [0.2, 0.25) is 0 Å². The number of benzene rings is 1. The van der Waals surface area contributed by atoms with Gasteiger partial charge in [-0.25, -0.2) is 9.67 Å². The first-order valence-corrected chi connectivity index (χ1v) is 9.73. The number of carbonyl (C=O) groups excluding carboxylic acids is 1. The molecule has 2 aromatic heterocycles. The van der Waals surface area contributed by atoms with Crippen molar-refractivity contribution < 1.29 is 14.7 Å². The minimum atomic E-state index is -1.02. The van der Waals surface area contributed by atoms with Gasteiger partial charge in [-0.15, -0.1) is 0 Å². The predicted octanol–water partition coefficient (Wildman–Crippen LogP) is 3.40. The molecule has 3 aromatic rings. The van der Waals surface area contributed by atoms with E-state index in [0.717, 1.165) is 36.9 Å². The van der Waals surface area contributed by atoms with Crippen molar-refractivity contribution >= 4 is 11.9 Å². The lowest BCUT2D eigenvalue weighted by molar-refractivity contribution is -0.138. The third-order valence-corrected chi connectivity index (χ3v) is 5.20. The molecule has 0 unspecified atom stereocenters. The number of carbonyl (C=O) groups is 2. The Morgan fingerprint density at radius 2 is 1.79 bits per heavy atom. The second kappa shape index (κ2) is 8.26. The Morgan fingerprint density at radius 3 is 2.45 bits per heavy atom. The highest BCUT2D eigenvalue weighted by atomic mass is 16.4. The van der Waals surface area contributed by atoms with Gasteiger partial charge in [0, 0.05) is 17.8 Å². The van der Waals surface area contributed by atoms with E-state index in [9.17, 15) is 14.7 Å². The van der Waals surface area contributed by atoms with Crippen LogP contribution in [0.3, 0.4) is 0 Å². The van der Waals surface area contributed by atoms with E-state index in [4.69, 9.17) is 0 Å². The zero-order chi connectivity index (χ0) is 20.2. The number of carboxylic acids is 1. The van der Waals surface area contributed by atoms with E-state index in [0.29, 0.717) is 5.82 Å². The van der Waals surface area contributed by atoms with Crippen molar-refractivity contribution in [3.63, 3.8) is 0 Å². The van der Waals surface area contributed by atoms with Crippen molar-refractivity contribution in [3.05, 3.63) is 66.5 Å². The van der Waals surface area contributed by atoms with Crippen molar-refractivity contribution in [3.8, 4) is 17.1 Å². The maximum atomic E-state index is 13.3. The van der Waals surface area contributed by atoms with Crippen molar-refractivity contribution in [2.24, 2.45) is 0 Å². The zero-order valence-corrected chi connectivity index (χ0v) is 15.9. The number of rotatable bonds is 6. The quantitative estimate of drug-likeness (QED) is 0.697. The molecule has 1 aromatic carbocycles. The minimum Gasteiger partial charge on any atom is -0.480 e. The van der Waals surface area contributed by atoms with E-state index < -0.39 is 5.97 Å². The van der Waals surface area contributed by atoms with Gasteiger partial charge in [-0.3, -0.25) is 9.59 Å². The van der Waals surface area contributed by atoms with Gasteiger partial charge in [-0.05, 0) is 31.0 Å². The van der Waals surface area contributed by atoms with E-state index in [1.165, 1.54) is 4.90 Å². The molecule has 1 N–H and O–H groups in total. The topological polar surface area (TPSA) is 88.3 Å². The smallest absolute Gasteiger partial charge is 0.323 e. The van der Waals surface area contributed by atoms with E-state index in [2.05, 4.69) is 10.1 Å². The molecule has 148 valence electrons. The lowest BCUT2D eigenvalue weighted by Crippen LogP contribution is -2.42. The number of hydrogen-bond acceptors (Lipinski definition) is 4. The molecule has 7 heteroatoms. The van der Waals surface area contributed by atoms with Crippen molar-refractivity contribution in [2.75, 3.05) is 6.54 Å². The number of hydrogen-bond donors (Lipinski definition) is 1. The maximum absolute atomic E-state index is 13.3. The fourth-order valence-corrected chi connectivity index (χ4v) is 3.83. The van der Waals surface area contributed by atoms with Crippen LogP contribution in [0, 0.1) is 0 Å². The average Bonchev–Trinajstić information content (AvgIpc) is 3.43. The summed E-state index contributed by atoms with van der Waals surface area (Å²) < 4.78 is 1.64. The predicted molar refractivity (Wildman–Crippen MR) is 108 cm³/mol. The van der Waals surface area contributed by atoms with Gasteiger partial charge in [-0.1, -0.05) is 49.2 Å². The fourth-order valence-electron chi connectivity index (χ4n) is 3.83. The molecule has 1 amide bonds. The summed E-state index contributed by atoms with van der Waals surface area (Å²) in [5.74, 6) is -0.778. The highest BCUT2D eigenvalue weighted by molar-refractivity contribution is 5.95. The highest BCUT2D eigenvalue weighted by Gasteiger charge is 2.31. The van der Waals surface area contributed by atoms with E-state index in [1.54, 1.807) is 16.9 Å². The van der Waals surface area contributed by atoms with Gasteiger partial charge in [-0.2, -0.15) is 5.10 Å². The summed E-state index contributed by atoms with van der Waals surface area (Å²) in [5, 5.41) is 13.9. The Morgan fingerprint density at radius 1 is 1.07 bits per heavy atom. The zero-order valence-electron chi connectivity index (χ0n) is 15.9. The van der Waals surface area contributed by atoms with E-state index in [-0.39, 0.29) is 24.2 Å². The van der Waals surface area contributed by atoms with Crippen molar-refractivity contribution in [2.45, 2.75) is 31.7 Å². The molecular weight excluding hydrogens is 368 g/mol. The second-order valence-electron chi connectivity index (χ2n) is 7.15. The molecule has 0 saturated heterocycles. The van der Waals surface area contributed by atoms with E-state index >= 15 is 0 Å². The van der Waals surface area contributed by atoms with Gasteiger partial charge in [0.15, 0.2) is 11.5 Å². The van der Waals surface area contributed by atoms with Crippen LogP contribution < -0.4 is 0 Å². The number of pyridine rings is 1. The summed E-state index contributed by atoms with van der Waals surface area (Å²) >= 11 is 0. The molecular formula is C22H22N4O3. The minimum absolute atomic E-state index is 0.0567. The third-order valence-electron chi connectivity index (χ3n) is 5.20. The molecule has 1 aliphatic rings. The molecule has 1 aliphatic carbocycles. The lowest BCUT2D eigenvalue weighted by atomic mass is 10.1. The van der Waals surface area contributed by atoms with Gasteiger partial charge in [0.25, 0.3) is 5.91 Å². The van der Waals surface area contributed by atoms with Crippen LogP contribution in [0.5, 0.6) is 0 Å². The van der Waals surface area contributed by atoms with E-state index in [1.807, 2.05) is 48.5 Å². The summed E-state index contributed by atoms with van der Waals surface area (Å²) in [6.45, 7) is -0.319. The molecule has 0 radical (unpaired) electrons. The van der Waals surface area contributed by atoms with Crippen molar-refractivity contribution in [1.82, 2.24) is 19.7 Å². The molecule has 1 fully saturated rings. The van der Waals surface area contributed by atoms with Gasteiger partial charge < -0.3 is 10.0 Å². The molecule has 1 saturated carbocycles. The summed E-state index contributed by atoms with van der Waals surface area (Å²) in [5.41, 5.74) is 1.85. The van der Waals surface area contributed by atoms with Crippen LogP contribution >= 0.6 is 0 Å². The van der Waals surface area contributed by atoms with Crippen LogP contribution in [0.4, 0.5) is 0 Å². The summed E-state index contributed by atoms with van der Waals surface area (Å²) in [4.78, 5) is 30.5. The normalized spacial score (nSPS) is 14.1. The van der Waals surface area contributed by atoms with Crippen LogP contribution in [0.1, 0.15) is 36.2 Å². The van der Waals surface area contributed by atoms with Crippen LogP contribution in [0.25, 0.3) is 17.1 Å². The van der Waals surface area contributed by atoms with Crippen LogP contribution in [0.15, 0.2) is 60.8 Å². The molecule has 2 heterocycles. The SMILES string of the molecule is O=C(O)CN(C(=O)c1cc(-c2ccccc2)n(-c2ccccn2)n1)C1CCCC1. The standard InChI is InChI=1S/C22H22N4O3/c27-21(28)15-25(17-10-4-5-11-17)22(29)18-14-19(16-8-2-1-3-9-16)26(24-18)20-12-6-7-13-23-20/h1-3,6-9,12-14,17H,4-5,10-11,15H2,(H,27,28). The number of nitrogens with zero attached hydrogens (tertiary/aromatic N) is 4. The average molecular weight is 390 g/mol. The number of aromatic nitrogens is 3. The molecule has 29 heavy (non-hydrogen) atoms. The second-order valence-corrected chi connectivity index (χ2v) is 7.15. The third kappa shape index (κ3) is 4.03. The Hall–Kier alpha value is -3.48. The van der Waals surface area contributed by atoms with Crippen molar-refractivity contribution in [1.29, 1.82) is 0 Å². The monoisotopic (exact) mass is 390 g/mol. The maximum Gasteiger partial charge on any atom is 0.323 e. The molecule has 0 atom stereocenters. The first-order valence-electron chi connectivity index (χ1n) is 9.73. The highest BCUT2D eigenvalue weighted by Crippen LogP contribution is 2.27. The number of aliphatic carboxylic acids is 1. The molecule has 4 rings (SSSR count). The Bertz CT molecular complexity index is 938. The molecule has 7 nitrogen and oxygen atoms in total. The van der Waals surface area contributed by atoms with Gasteiger partial charge in [0.05, 0.1) is 5.69 Å². The van der Waals surface area contributed by atoms with Gasteiger partial charge >= 0.3 is 5.97 Å². The Balaban J connectivity index is 1.76. The Labute approximate surface area is 168 Å². The molecule has 0 bridgehead atoms. The number of carboxylic acid groups (broad SMARTS) is 1. The molecule has 0 aliphatic heterocycles. The first kappa shape index (κ1) is 18.9.